The Morgan fingerprint density at radius 1 is 0.525 bits per heavy atom. The second-order valence-corrected chi connectivity index (χ2v) is 22.8. The van der Waals surface area contributed by atoms with E-state index in [1.54, 1.807) is 12.1 Å². The molecule has 0 spiro atoms. The highest BCUT2D eigenvalue weighted by Crippen LogP contribution is 2.40. The van der Waals surface area contributed by atoms with Crippen LogP contribution in [0.15, 0.2) is 36.4 Å². The summed E-state index contributed by atoms with van der Waals surface area (Å²) in [5, 5.41) is 5.51. The molecule has 0 aliphatic heterocycles. The molecule has 2 heterocycles. The fraction of sp³-hybridized carbons (Fsp3) is 0.353. The number of rotatable bonds is 6. The zero-order valence-electron chi connectivity index (χ0n) is 24.3. The Balaban J connectivity index is 1.99. The number of hydrogen-bond acceptors (Lipinski definition) is 2. The van der Waals surface area contributed by atoms with Gasteiger partial charge in [-0.3, -0.25) is 0 Å². The van der Waals surface area contributed by atoms with Crippen LogP contribution in [-0.4, -0.2) is 16.1 Å². The lowest BCUT2D eigenvalue weighted by Gasteiger charge is -2.21. The van der Waals surface area contributed by atoms with E-state index in [2.05, 4.69) is 88.7 Å². The largest absolute Gasteiger partial charge is 0.195 e. The Kier molecular flexibility index (Phi) is 8.28. The first-order valence-electron chi connectivity index (χ1n) is 14.5. The third-order valence-corrected chi connectivity index (χ3v) is 20.5. The van der Waals surface area contributed by atoms with E-state index in [1.807, 2.05) is 0 Å². The van der Waals surface area contributed by atoms with E-state index in [9.17, 15) is 8.78 Å². The summed E-state index contributed by atoms with van der Waals surface area (Å²) in [5.41, 5.74) is 9.56. The van der Waals surface area contributed by atoms with Crippen LogP contribution in [0.4, 0.5) is 8.78 Å². The maximum atomic E-state index is 14.5. The number of benzene rings is 3. The van der Waals surface area contributed by atoms with Crippen molar-refractivity contribution in [2.75, 3.05) is 0 Å². The molecule has 0 aliphatic carbocycles. The van der Waals surface area contributed by atoms with Gasteiger partial charge in [-0.1, -0.05) is 53.4 Å². The minimum Gasteiger partial charge on any atom is -0.195 e. The molecule has 0 bridgehead atoms. The van der Waals surface area contributed by atoms with Crippen molar-refractivity contribution in [3.05, 3.63) is 57.8 Å². The van der Waals surface area contributed by atoms with Crippen LogP contribution in [0.1, 0.15) is 52.7 Å². The van der Waals surface area contributed by atoms with Gasteiger partial charge in [-0.05, 0) is 94.2 Å². The normalized spacial score (nSPS) is 12.2. The molecule has 3 aromatic carbocycles. The van der Waals surface area contributed by atoms with Crippen molar-refractivity contribution in [3.63, 3.8) is 0 Å². The maximum Gasteiger partial charge on any atom is 0.177 e. The summed E-state index contributed by atoms with van der Waals surface area (Å²) in [6.07, 6.45) is 0. The molecule has 0 N–H and O–H groups in total. The molecule has 0 amide bonds. The minimum atomic E-state index is -1.74. The predicted octanol–water partition coefficient (Wildman–Crippen LogP) is 11.5. The number of fused-ring (bicyclic) bond motifs is 4. The van der Waals surface area contributed by atoms with Crippen LogP contribution in [-0.2, 0) is 0 Å². The third kappa shape index (κ3) is 5.05. The molecule has 40 heavy (non-hydrogen) atoms. The van der Waals surface area contributed by atoms with Gasteiger partial charge in [-0.25, -0.2) is 0 Å². The molecule has 2 aromatic heterocycles. The quantitative estimate of drug-likeness (QED) is 0.103. The molecule has 6 heteroatoms. The number of halogens is 2. The predicted molar refractivity (Wildman–Crippen MR) is 180 cm³/mol. The van der Waals surface area contributed by atoms with Gasteiger partial charge in [0.05, 0.1) is 0 Å². The van der Waals surface area contributed by atoms with Gasteiger partial charge in [-0.15, -0.1) is 33.8 Å². The summed E-state index contributed by atoms with van der Waals surface area (Å²) in [6.45, 7) is 13.6. The first-order chi connectivity index (χ1) is 19.2. The molecule has 5 aromatic rings. The molecule has 0 saturated carbocycles. The van der Waals surface area contributed by atoms with Crippen LogP contribution in [0.2, 0.25) is 36.3 Å². The van der Waals surface area contributed by atoms with Crippen LogP contribution < -0.4 is 0 Å². The molecular formula is C34H36F2S2Si2. The van der Waals surface area contributed by atoms with E-state index in [4.69, 9.17) is 0 Å². The zero-order valence-corrected chi connectivity index (χ0v) is 27.9. The lowest BCUT2D eigenvalue weighted by Crippen LogP contribution is -2.29. The average molecular weight is 603 g/mol. The van der Waals surface area contributed by atoms with Crippen LogP contribution in [0.3, 0.4) is 0 Å². The first-order valence-corrected chi connectivity index (χ1v) is 21.4. The lowest BCUT2D eigenvalue weighted by atomic mass is 9.91. The Labute approximate surface area is 246 Å². The van der Waals surface area contributed by atoms with E-state index >= 15 is 0 Å². The summed E-state index contributed by atoms with van der Waals surface area (Å²) in [6, 6.07) is 18.4. The van der Waals surface area contributed by atoms with Crippen molar-refractivity contribution in [2.24, 2.45) is 0 Å². The van der Waals surface area contributed by atoms with Gasteiger partial charge >= 0.3 is 0 Å². The Hall–Kier alpha value is -2.49. The van der Waals surface area contributed by atoms with Gasteiger partial charge in [0, 0.05) is 31.3 Å². The summed E-state index contributed by atoms with van der Waals surface area (Å²) in [4.78, 5) is 0. The SMILES string of the molecule is CC[Si](C#Cc1c2cc3cc(F)sc3cc2c(C#C[Si](CC)(CC)CC)c2cc3cc(F)sc3cc12)(CC)CC. The maximum absolute atomic E-state index is 14.5. The summed E-state index contributed by atoms with van der Waals surface area (Å²) in [5.74, 6) is 7.39. The molecule has 5 rings (SSSR count). The van der Waals surface area contributed by atoms with Crippen molar-refractivity contribution >= 4 is 80.5 Å². The highest BCUT2D eigenvalue weighted by Gasteiger charge is 2.26. The average Bonchev–Trinajstić information content (AvgIpc) is 3.52. The van der Waals surface area contributed by atoms with Crippen molar-refractivity contribution in [1.29, 1.82) is 0 Å². The third-order valence-electron chi connectivity index (χ3n) is 9.30. The van der Waals surface area contributed by atoms with E-state index in [0.29, 0.717) is 0 Å². The number of thiophene rings is 2. The monoisotopic (exact) mass is 602 g/mol. The molecule has 0 fully saturated rings. The number of hydrogen-bond donors (Lipinski definition) is 0. The van der Waals surface area contributed by atoms with Crippen LogP contribution in [0.25, 0.3) is 41.7 Å². The lowest BCUT2D eigenvalue weighted by molar-refractivity contribution is 0.658. The van der Waals surface area contributed by atoms with Crippen molar-refractivity contribution in [1.82, 2.24) is 0 Å². The fourth-order valence-corrected chi connectivity index (χ4v) is 12.4. The molecule has 0 radical (unpaired) electrons. The molecule has 0 nitrogen and oxygen atoms in total. The second kappa shape index (κ2) is 11.4. The zero-order chi connectivity index (χ0) is 28.7. The molecule has 0 atom stereocenters. The topological polar surface area (TPSA) is 0 Å². The van der Waals surface area contributed by atoms with Crippen LogP contribution >= 0.6 is 22.7 Å². The second-order valence-electron chi connectivity index (χ2n) is 10.9. The Bertz CT molecular complexity index is 1620. The molecule has 0 saturated heterocycles. The molecular weight excluding hydrogens is 567 g/mol. The van der Waals surface area contributed by atoms with Gasteiger partial charge in [-0.2, -0.15) is 8.78 Å². The standard InChI is InChI=1S/C34H36F2S2Si2/c1-7-39(8-2,9-3)15-13-25-27-17-23-19-33(35)38-32(23)22-30(27)26(14-16-40(10-4,11-5)12-6)28-18-24-20-34(36)37-31(24)21-29(25)28/h17-22H,7-12H2,1-6H3. The highest BCUT2D eigenvalue weighted by atomic mass is 32.1. The summed E-state index contributed by atoms with van der Waals surface area (Å²) < 4.78 is 30.8. The summed E-state index contributed by atoms with van der Waals surface area (Å²) >= 11 is 2.35. The van der Waals surface area contributed by atoms with Gasteiger partial charge in [0.15, 0.2) is 10.3 Å². The summed E-state index contributed by atoms with van der Waals surface area (Å²) in [7, 11) is -3.48. The van der Waals surface area contributed by atoms with E-state index in [1.165, 1.54) is 22.7 Å². The molecule has 0 unspecified atom stereocenters. The van der Waals surface area contributed by atoms with Gasteiger partial charge in [0.1, 0.15) is 16.1 Å². The van der Waals surface area contributed by atoms with Crippen molar-refractivity contribution < 1.29 is 8.78 Å². The van der Waals surface area contributed by atoms with E-state index in [0.717, 1.165) is 89.1 Å². The Morgan fingerprint density at radius 3 is 1.18 bits per heavy atom. The Morgan fingerprint density at radius 2 is 0.850 bits per heavy atom. The smallest absolute Gasteiger partial charge is 0.177 e. The van der Waals surface area contributed by atoms with Gasteiger partial charge in [0.25, 0.3) is 0 Å². The van der Waals surface area contributed by atoms with Crippen LogP contribution in [0.5, 0.6) is 0 Å². The van der Waals surface area contributed by atoms with E-state index in [-0.39, 0.29) is 10.3 Å². The van der Waals surface area contributed by atoms with Crippen LogP contribution in [0, 0.1) is 33.2 Å². The van der Waals surface area contributed by atoms with Crippen molar-refractivity contribution in [3.8, 4) is 22.9 Å². The van der Waals surface area contributed by atoms with Gasteiger partial charge < -0.3 is 0 Å². The van der Waals surface area contributed by atoms with Crippen molar-refractivity contribution in [2.45, 2.75) is 77.8 Å². The molecule has 0 aliphatic rings. The fourth-order valence-electron chi connectivity index (χ4n) is 5.92. The first kappa shape index (κ1) is 29.0. The molecule has 206 valence electrons. The van der Waals surface area contributed by atoms with Gasteiger partial charge in [0.2, 0.25) is 0 Å². The highest BCUT2D eigenvalue weighted by molar-refractivity contribution is 7.18. The van der Waals surface area contributed by atoms with E-state index < -0.39 is 16.1 Å². The minimum absolute atomic E-state index is 0.185.